The van der Waals surface area contributed by atoms with E-state index in [1.165, 1.54) is 6.92 Å². The fraction of sp³-hybridized carbons (Fsp3) is 0.400. The average Bonchev–Trinajstić information content (AvgIpc) is 3.14. The minimum atomic E-state index is -5.14. The standard InChI is InChI=1S/C25H25F3N2O5/c1-24(22(32)33)12-6-7-13-30(24)21(31)20(25(26,27)28)29-23(34)35-14-19-17-10-4-2-8-15(17)16-9-3-5-11-18(16)19/h2-5,8-11,19-20H,6-7,12-14H2,1H3,(H,29,34)(H,32,33). The maximum absolute atomic E-state index is 13.8. The number of amides is 2. The predicted molar refractivity (Wildman–Crippen MR) is 120 cm³/mol. The van der Waals surface area contributed by atoms with E-state index < -0.39 is 35.7 Å². The van der Waals surface area contributed by atoms with Gasteiger partial charge in [-0.1, -0.05) is 48.5 Å². The van der Waals surface area contributed by atoms with Crippen LogP contribution in [0.4, 0.5) is 18.0 Å². The molecule has 1 fully saturated rings. The van der Waals surface area contributed by atoms with Crippen LogP contribution in [-0.4, -0.2) is 58.9 Å². The lowest BCUT2D eigenvalue weighted by atomic mass is 9.87. The molecule has 0 saturated carbocycles. The molecular formula is C25H25F3N2O5. The molecule has 2 unspecified atom stereocenters. The summed E-state index contributed by atoms with van der Waals surface area (Å²) in [7, 11) is 0. The van der Waals surface area contributed by atoms with Crippen molar-refractivity contribution in [2.24, 2.45) is 0 Å². The van der Waals surface area contributed by atoms with Crippen molar-refractivity contribution in [3.63, 3.8) is 0 Å². The molecule has 1 aliphatic heterocycles. The van der Waals surface area contributed by atoms with Crippen LogP contribution in [0.25, 0.3) is 11.1 Å². The summed E-state index contributed by atoms with van der Waals surface area (Å²) in [5.41, 5.74) is 1.89. The first kappa shape index (κ1) is 24.6. The van der Waals surface area contributed by atoms with Crippen molar-refractivity contribution in [3.05, 3.63) is 59.7 Å². The Labute approximate surface area is 199 Å². The van der Waals surface area contributed by atoms with Crippen LogP contribution in [0.5, 0.6) is 0 Å². The van der Waals surface area contributed by atoms with Crippen LogP contribution in [0, 0.1) is 0 Å². The normalized spacial score (nSPS) is 20.5. The fourth-order valence-electron chi connectivity index (χ4n) is 4.89. The topological polar surface area (TPSA) is 95.9 Å². The number of piperidine rings is 1. The molecule has 2 aromatic rings. The zero-order chi connectivity index (χ0) is 25.4. The molecule has 4 rings (SSSR count). The molecule has 0 radical (unpaired) electrons. The smallest absolute Gasteiger partial charge is 0.417 e. The summed E-state index contributed by atoms with van der Waals surface area (Å²) in [6.07, 6.45) is -5.70. The Morgan fingerprint density at radius 3 is 2.20 bits per heavy atom. The van der Waals surface area contributed by atoms with E-state index in [9.17, 15) is 32.7 Å². The first-order valence-electron chi connectivity index (χ1n) is 11.3. The second kappa shape index (κ2) is 9.24. The molecule has 10 heteroatoms. The number of ether oxygens (including phenoxy) is 1. The highest BCUT2D eigenvalue weighted by atomic mass is 19.4. The Kier molecular flexibility index (Phi) is 6.48. The number of carboxylic acid groups (broad SMARTS) is 1. The number of alkyl halides is 3. The third-order valence-electron chi connectivity index (χ3n) is 6.80. The van der Waals surface area contributed by atoms with Gasteiger partial charge in [-0.05, 0) is 48.4 Å². The van der Waals surface area contributed by atoms with E-state index in [1.807, 2.05) is 48.5 Å². The van der Waals surface area contributed by atoms with Gasteiger partial charge in [0.15, 0.2) is 0 Å². The Morgan fingerprint density at radius 2 is 1.66 bits per heavy atom. The number of carbonyl (C=O) groups is 3. The number of hydrogen-bond acceptors (Lipinski definition) is 4. The number of alkyl carbamates (subject to hydrolysis) is 1. The molecule has 35 heavy (non-hydrogen) atoms. The zero-order valence-corrected chi connectivity index (χ0v) is 19.0. The van der Waals surface area contributed by atoms with E-state index in [0.717, 1.165) is 22.3 Å². The summed E-state index contributed by atoms with van der Waals surface area (Å²) in [4.78, 5) is 37.7. The molecule has 2 amide bonds. The highest BCUT2D eigenvalue weighted by molar-refractivity contribution is 5.92. The average molecular weight is 490 g/mol. The molecule has 0 bridgehead atoms. The minimum absolute atomic E-state index is 0.0175. The lowest BCUT2D eigenvalue weighted by molar-refractivity contribution is -0.184. The quantitative estimate of drug-likeness (QED) is 0.651. The summed E-state index contributed by atoms with van der Waals surface area (Å²) in [5.74, 6) is -3.28. The van der Waals surface area contributed by atoms with Crippen molar-refractivity contribution in [2.45, 2.75) is 49.9 Å². The molecule has 2 aromatic carbocycles. The SMILES string of the molecule is CC1(C(=O)O)CCCCN1C(=O)C(NC(=O)OCC1c2ccccc2-c2ccccc21)C(F)(F)F. The van der Waals surface area contributed by atoms with Gasteiger partial charge in [-0.3, -0.25) is 4.79 Å². The number of nitrogens with zero attached hydrogens (tertiary/aromatic N) is 1. The lowest BCUT2D eigenvalue weighted by Crippen LogP contribution is -2.64. The Hall–Kier alpha value is -3.56. The van der Waals surface area contributed by atoms with Gasteiger partial charge in [0.05, 0.1) is 0 Å². The summed E-state index contributed by atoms with van der Waals surface area (Å²) in [6.45, 7) is 0.836. The number of hydrogen-bond donors (Lipinski definition) is 2. The monoisotopic (exact) mass is 490 g/mol. The zero-order valence-electron chi connectivity index (χ0n) is 19.0. The molecule has 0 spiro atoms. The lowest BCUT2D eigenvalue weighted by Gasteiger charge is -2.43. The molecule has 7 nitrogen and oxygen atoms in total. The highest BCUT2D eigenvalue weighted by Gasteiger charge is 2.53. The maximum Gasteiger partial charge on any atom is 0.417 e. The van der Waals surface area contributed by atoms with Crippen LogP contribution < -0.4 is 5.32 Å². The molecule has 0 aromatic heterocycles. The minimum Gasteiger partial charge on any atom is -0.480 e. The molecule has 2 aliphatic rings. The summed E-state index contributed by atoms with van der Waals surface area (Å²) in [6, 6.07) is 12.1. The van der Waals surface area contributed by atoms with Crippen molar-refractivity contribution in [1.82, 2.24) is 10.2 Å². The number of halogens is 3. The van der Waals surface area contributed by atoms with E-state index in [0.29, 0.717) is 17.7 Å². The first-order valence-corrected chi connectivity index (χ1v) is 11.3. The summed E-state index contributed by atoms with van der Waals surface area (Å²) in [5, 5.41) is 11.2. The molecule has 2 atom stereocenters. The van der Waals surface area contributed by atoms with Gasteiger partial charge >= 0.3 is 18.2 Å². The van der Waals surface area contributed by atoms with Crippen molar-refractivity contribution in [3.8, 4) is 11.1 Å². The molecule has 2 N–H and O–H groups in total. The van der Waals surface area contributed by atoms with Gasteiger partial charge in [0.25, 0.3) is 5.91 Å². The van der Waals surface area contributed by atoms with Gasteiger partial charge in [0.1, 0.15) is 12.1 Å². The molecular weight excluding hydrogens is 465 g/mol. The van der Waals surface area contributed by atoms with Crippen molar-refractivity contribution < 1.29 is 37.4 Å². The third kappa shape index (κ3) is 4.56. The maximum atomic E-state index is 13.8. The number of carboxylic acids is 1. The number of aliphatic carboxylic acids is 1. The van der Waals surface area contributed by atoms with Crippen LogP contribution in [-0.2, 0) is 14.3 Å². The number of carbonyl (C=O) groups excluding carboxylic acids is 2. The van der Waals surface area contributed by atoms with Crippen LogP contribution in [0.2, 0.25) is 0 Å². The van der Waals surface area contributed by atoms with E-state index in [-0.39, 0.29) is 25.5 Å². The van der Waals surface area contributed by atoms with Crippen LogP contribution >= 0.6 is 0 Å². The van der Waals surface area contributed by atoms with Gasteiger partial charge in [-0.25, -0.2) is 9.59 Å². The number of fused-ring (bicyclic) bond motifs is 3. The first-order chi connectivity index (χ1) is 16.5. The van der Waals surface area contributed by atoms with Gasteiger partial charge in [0.2, 0.25) is 6.04 Å². The van der Waals surface area contributed by atoms with Crippen LogP contribution in [0.3, 0.4) is 0 Å². The van der Waals surface area contributed by atoms with E-state index in [4.69, 9.17) is 4.74 Å². The molecule has 186 valence electrons. The van der Waals surface area contributed by atoms with Crippen molar-refractivity contribution in [1.29, 1.82) is 0 Å². The fourth-order valence-corrected chi connectivity index (χ4v) is 4.89. The summed E-state index contributed by atoms with van der Waals surface area (Å²) >= 11 is 0. The van der Waals surface area contributed by atoms with E-state index in [1.54, 1.807) is 5.32 Å². The second-order valence-corrected chi connectivity index (χ2v) is 8.97. The highest BCUT2D eigenvalue weighted by Crippen LogP contribution is 2.44. The van der Waals surface area contributed by atoms with Gasteiger partial charge in [-0.2, -0.15) is 13.2 Å². The number of nitrogens with one attached hydrogen (secondary N) is 1. The van der Waals surface area contributed by atoms with E-state index in [2.05, 4.69) is 0 Å². The van der Waals surface area contributed by atoms with Crippen LogP contribution in [0.1, 0.15) is 43.2 Å². The molecule has 1 heterocycles. The summed E-state index contributed by atoms with van der Waals surface area (Å²) < 4.78 is 46.6. The molecule has 1 aliphatic carbocycles. The van der Waals surface area contributed by atoms with Gasteiger partial charge < -0.3 is 20.1 Å². The Bertz CT molecular complexity index is 1110. The Balaban J connectivity index is 1.50. The Morgan fingerprint density at radius 1 is 1.09 bits per heavy atom. The second-order valence-electron chi connectivity index (χ2n) is 8.97. The molecule has 1 saturated heterocycles. The van der Waals surface area contributed by atoms with Crippen molar-refractivity contribution in [2.75, 3.05) is 13.2 Å². The van der Waals surface area contributed by atoms with Gasteiger partial charge in [0, 0.05) is 12.5 Å². The number of rotatable bonds is 5. The number of likely N-dealkylation sites (tertiary alicyclic amines) is 1. The van der Waals surface area contributed by atoms with E-state index >= 15 is 0 Å². The van der Waals surface area contributed by atoms with Gasteiger partial charge in [-0.15, -0.1) is 0 Å². The predicted octanol–water partition coefficient (Wildman–Crippen LogP) is 4.31. The van der Waals surface area contributed by atoms with Crippen LogP contribution in [0.15, 0.2) is 48.5 Å². The third-order valence-corrected chi connectivity index (χ3v) is 6.80. The number of benzene rings is 2. The largest absolute Gasteiger partial charge is 0.480 e. The van der Waals surface area contributed by atoms with Crippen molar-refractivity contribution >= 4 is 18.0 Å².